The molecule has 4 aromatic rings. The van der Waals surface area contributed by atoms with E-state index in [1.165, 1.54) is 28.3 Å². The fraction of sp³-hybridized carbons (Fsp3) is 0.217. The van der Waals surface area contributed by atoms with Gasteiger partial charge in [0.25, 0.3) is 0 Å². The number of carbonyl (C=O) groups excluding carboxylic acids is 1. The van der Waals surface area contributed by atoms with Gasteiger partial charge >= 0.3 is 0 Å². The van der Waals surface area contributed by atoms with Crippen molar-refractivity contribution in [2.24, 2.45) is 0 Å². The van der Waals surface area contributed by atoms with Crippen molar-refractivity contribution in [1.29, 1.82) is 0 Å². The second kappa shape index (κ2) is 8.67. The van der Waals surface area contributed by atoms with E-state index >= 15 is 0 Å². The van der Waals surface area contributed by atoms with Gasteiger partial charge in [0.1, 0.15) is 0 Å². The molecule has 1 aromatic heterocycles. The normalized spacial score (nSPS) is 12.1. The zero-order valence-corrected chi connectivity index (χ0v) is 18.0. The lowest BCUT2D eigenvalue weighted by Crippen LogP contribution is -2.28. The molecule has 0 fully saturated rings. The van der Waals surface area contributed by atoms with E-state index in [4.69, 9.17) is 0 Å². The lowest BCUT2D eigenvalue weighted by Gasteiger charge is -2.15. The summed E-state index contributed by atoms with van der Waals surface area (Å²) in [7, 11) is 0. The molecule has 3 aromatic carbocycles. The highest BCUT2D eigenvalue weighted by Crippen LogP contribution is 2.22. The van der Waals surface area contributed by atoms with Crippen molar-refractivity contribution in [2.75, 3.05) is 5.75 Å². The van der Waals surface area contributed by atoms with Crippen LogP contribution in [0.4, 0.5) is 0 Å². The highest BCUT2D eigenvalue weighted by molar-refractivity contribution is 7.99. The summed E-state index contributed by atoms with van der Waals surface area (Å²) in [6.07, 6.45) is 0. The number of amides is 1. The Labute approximate surface area is 179 Å². The molecule has 0 spiro atoms. The molecule has 1 amide bonds. The quantitative estimate of drug-likeness (QED) is 0.471. The van der Waals surface area contributed by atoms with Gasteiger partial charge in [0.05, 0.1) is 17.5 Å². The van der Waals surface area contributed by atoms with Crippen LogP contribution in [-0.2, 0) is 4.79 Å². The van der Waals surface area contributed by atoms with E-state index in [2.05, 4.69) is 65.0 Å². The fourth-order valence-electron chi connectivity index (χ4n) is 3.26. The minimum Gasteiger partial charge on any atom is -0.349 e. The van der Waals surface area contributed by atoms with E-state index in [1.807, 2.05) is 37.3 Å². The summed E-state index contributed by atoms with van der Waals surface area (Å²) in [6, 6.07) is 20.4. The minimum atomic E-state index is -0.0848. The van der Waals surface area contributed by atoms with Gasteiger partial charge in [-0.3, -0.25) is 4.79 Å². The third-order valence-corrected chi connectivity index (χ3v) is 6.08. The predicted octanol–water partition coefficient (Wildman–Crippen LogP) is 4.40. The molecule has 152 valence electrons. The first-order valence-corrected chi connectivity index (χ1v) is 10.8. The summed E-state index contributed by atoms with van der Waals surface area (Å²) in [5, 5.41) is 17.9. The number of hydrogen-bond donors (Lipinski definition) is 1. The van der Waals surface area contributed by atoms with Gasteiger partial charge < -0.3 is 5.32 Å². The molecule has 4 rings (SSSR count). The summed E-state index contributed by atoms with van der Waals surface area (Å²) in [5.41, 5.74) is 4.34. The van der Waals surface area contributed by atoms with Crippen LogP contribution in [0.15, 0.2) is 65.8 Å². The maximum absolute atomic E-state index is 12.5. The largest absolute Gasteiger partial charge is 0.349 e. The molecule has 0 aliphatic heterocycles. The zero-order chi connectivity index (χ0) is 21.1. The zero-order valence-electron chi connectivity index (χ0n) is 17.2. The van der Waals surface area contributed by atoms with Gasteiger partial charge in [-0.05, 0) is 76.9 Å². The summed E-state index contributed by atoms with van der Waals surface area (Å²) >= 11 is 1.32. The molecule has 6 nitrogen and oxygen atoms in total. The molecular formula is C23H23N5OS. The number of benzene rings is 3. The molecule has 30 heavy (non-hydrogen) atoms. The number of nitrogens with one attached hydrogen (secondary N) is 1. The van der Waals surface area contributed by atoms with Crippen molar-refractivity contribution in [1.82, 2.24) is 25.5 Å². The van der Waals surface area contributed by atoms with E-state index in [0.717, 1.165) is 16.6 Å². The second-order valence-corrected chi connectivity index (χ2v) is 8.27. The van der Waals surface area contributed by atoms with Gasteiger partial charge in [0.15, 0.2) is 0 Å². The SMILES string of the molecule is Cc1ccc(-n2nnnc2SCC(=O)N[C@@H](C)c2ccc3ccccc3c2)cc1C. The van der Waals surface area contributed by atoms with E-state index in [1.54, 1.807) is 4.68 Å². The molecule has 0 bridgehead atoms. The van der Waals surface area contributed by atoms with Crippen molar-refractivity contribution < 1.29 is 4.79 Å². The highest BCUT2D eigenvalue weighted by Gasteiger charge is 2.14. The monoisotopic (exact) mass is 417 g/mol. The topological polar surface area (TPSA) is 72.7 Å². The Hall–Kier alpha value is -3.19. The first kappa shape index (κ1) is 20.1. The molecule has 1 N–H and O–H groups in total. The van der Waals surface area contributed by atoms with E-state index in [-0.39, 0.29) is 17.7 Å². The van der Waals surface area contributed by atoms with Crippen molar-refractivity contribution >= 4 is 28.4 Å². The van der Waals surface area contributed by atoms with Gasteiger partial charge in [0.2, 0.25) is 11.1 Å². The third-order valence-electron chi connectivity index (χ3n) is 5.16. The van der Waals surface area contributed by atoms with Crippen LogP contribution in [0.2, 0.25) is 0 Å². The predicted molar refractivity (Wildman–Crippen MR) is 120 cm³/mol. The van der Waals surface area contributed by atoms with Gasteiger partial charge in [-0.1, -0.05) is 54.2 Å². The average Bonchev–Trinajstić information content (AvgIpc) is 3.22. The number of rotatable bonds is 6. The first-order chi connectivity index (χ1) is 14.5. The number of fused-ring (bicyclic) bond motifs is 1. The lowest BCUT2D eigenvalue weighted by molar-refractivity contribution is -0.119. The number of nitrogens with zero attached hydrogens (tertiary/aromatic N) is 4. The minimum absolute atomic E-state index is 0.0599. The van der Waals surface area contributed by atoms with Gasteiger partial charge in [-0.25, -0.2) is 0 Å². The molecule has 0 unspecified atom stereocenters. The molecule has 0 aliphatic rings. The van der Waals surface area contributed by atoms with Crippen molar-refractivity contribution in [3.63, 3.8) is 0 Å². The number of hydrogen-bond acceptors (Lipinski definition) is 5. The molecule has 0 saturated carbocycles. The van der Waals surface area contributed by atoms with Crippen LogP contribution in [0.3, 0.4) is 0 Å². The fourth-order valence-corrected chi connectivity index (χ4v) is 3.96. The maximum atomic E-state index is 12.5. The van der Waals surface area contributed by atoms with Crippen LogP contribution in [0.5, 0.6) is 0 Å². The van der Waals surface area contributed by atoms with E-state index in [9.17, 15) is 4.79 Å². The molecule has 1 atom stereocenters. The standard InChI is InChI=1S/C23H23N5OS/c1-15-8-11-21(12-16(15)2)28-23(25-26-27-28)30-14-22(29)24-17(3)19-10-9-18-6-4-5-7-20(18)13-19/h4-13,17H,14H2,1-3H3,(H,24,29)/t17-/m0/s1. The first-order valence-electron chi connectivity index (χ1n) is 9.78. The van der Waals surface area contributed by atoms with Gasteiger partial charge in [-0.2, -0.15) is 4.68 Å². The number of aryl methyl sites for hydroxylation is 2. The maximum Gasteiger partial charge on any atom is 0.230 e. The number of tetrazole rings is 1. The summed E-state index contributed by atoms with van der Waals surface area (Å²) in [6.45, 7) is 6.11. The molecular weight excluding hydrogens is 394 g/mol. The Morgan fingerprint density at radius 3 is 2.63 bits per heavy atom. The van der Waals surface area contributed by atoms with Gasteiger partial charge in [-0.15, -0.1) is 5.10 Å². The van der Waals surface area contributed by atoms with Crippen LogP contribution in [-0.4, -0.2) is 31.9 Å². The Morgan fingerprint density at radius 1 is 1.03 bits per heavy atom. The average molecular weight is 418 g/mol. The Morgan fingerprint density at radius 2 is 1.83 bits per heavy atom. The van der Waals surface area contributed by atoms with Crippen molar-refractivity contribution in [3.8, 4) is 5.69 Å². The van der Waals surface area contributed by atoms with Crippen LogP contribution < -0.4 is 5.32 Å². The molecule has 1 heterocycles. The second-order valence-electron chi connectivity index (χ2n) is 7.33. The lowest BCUT2D eigenvalue weighted by atomic mass is 10.0. The highest BCUT2D eigenvalue weighted by atomic mass is 32.2. The van der Waals surface area contributed by atoms with E-state index in [0.29, 0.717) is 5.16 Å². The van der Waals surface area contributed by atoms with Gasteiger partial charge in [0, 0.05) is 0 Å². The number of aromatic nitrogens is 4. The smallest absolute Gasteiger partial charge is 0.230 e. The number of carbonyl (C=O) groups is 1. The summed E-state index contributed by atoms with van der Waals surface area (Å²) < 4.78 is 1.66. The van der Waals surface area contributed by atoms with E-state index < -0.39 is 0 Å². The van der Waals surface area contributed by atoms with Crippen LogP contribution in [0, 0.1) is 13.8 Å². The van der Waals surface area contributed by atoms with Crippen LogP contribution in [0.1, 0.15) is 29.7 Å². The van der Waals surface area contributed by atoms with Crippen molar-refractivity contribution in [2.45, 2.75) is 32.0 Å². The summed E-state index contributed by atoms with van der Waals surface area (Å²) in [5.74, 6) is 0.179. The Bertz CT molecular complexity index is 1200. The van der Waals surface area contributed by atoms with Crippen LogP contribution >= 0.6 is 11.8 Å². The molecule has 0 saturated heterocycles. The number of thioether (sulfide) groups is 1. The summed E-state index contributed by atoms with van der Waals surface area (Å²) in [4.78, 5) is 12.5. The Kier molecular flexibility index (Phi) is 5.81. The molecule has 0 radical (unpaired) electrons. The Balaban J connectivity index is 1.40. The molecule has 7 heteroatoms. The van der Waals surface area contributed by atoms with Crippen LogP contribution in [0.25, 0.3) is 16.5 Å². The molecule has 0 aliphatic carbocycles. The van der Waals surface area contributed by atoms with Crippen molar-refractivity contribution in [3.05, 3.63) is 77.4 Å². The third kappa shape index (κ3) is 4.36.